The zero-order valence-corrected chi connectivity index (χ0v) is 15.0. The van der Waals surface area contributed by atoms with Gasteiger partial charge >= 0.3 is 0 Å². The van der Waals surface area contributed by atoms with Crippen LogP contribution in [-0.2, 0) is 0 Å². The van der Waals surface area contributed by atoms with Gasteiger partial charge in [0, 0.05) is 27.7 Å². The van der Waals surface area contributed by atoms with Crippen molar-refractivity contribution in [3.05, 3.63) is 68.2 Å². The number of rotatable bonds is 7. The van der Waals surface area contributed by atoms with Gasteiger partial charge in [0.15, 0.2) is 0 Å². The van der Waals surface area contributed by atoms with Crippen LogP contribution in [0.4, 0.5) is 5.69 Å². The molecule has 2 rings (SSSR count). The summed E-state index contributed by atoms with van der Waals surface area (Å²) in [7, 11) is 0. The fourth-order valence-corrected chi connectivity index (χ4v) is 2.30. The number of benzene rings is 2. The summed E-state index contributed by atoms with van der Waals surface area (Å²) in [6.07, 6.45) is 2.36. The van der Waals surface area contributed by atoms with E-state index in [1.807, 2.05) is 25.1 Å². The quantitative estimate of drug-likeness (QED) is 0.429. The summed E-state index contributed by atoms with van der Waals surface area (Å²) in [6, 6.07) is 10.8. The van der Waals surface area contributed by atoms with Crippen LogP contribution >= 0.6 is 15.9 Å². The first kappa shape index (κ1) is 18.6. The summed E-state index contributed by atoms with van der Waals surface area (Å²) in [4.78, 5) is 22.1. The van der Waals surface area contributed by atoms with Gasteiger partial charge in [-0.1, -0.05) is 22.9 Å². The number of ether oxygens (including phenoxy) is 1. The van der Waals surface area contributed by atoms with E-state index in [0.717, 1.165) is 10.9 Å². The third kappa shape index (κ3) is 5.39. The highest BCUT2D eigenvalue weighted by molar-refractivity contribution is 9.10. The number of carbonyl (C=O) groups is 1. The lowest BCUT2D eigenvalue weighted by Gasteiger charge is -2.08. The Hall–Kier alpha value is -2.74. The fourth-order valence-electron chi connectivity index (χ4n) is 1.92. The van der Waals surface area contributed by atoms with Gasteiger partial charge in [-0.25, -0.2) is 5.43 Å². The minimum absolute atomic E-state index is 0.0769. The molecule has 0 saturated heterocycles. The number of nitro benzene ring substituents is 1. The van der Waals surface area contributed by atoms with Crippen LogP contribution in [0.2, 0.25) is 0 Å². The monoisotopic (exact) mass is 405 g/mol. The second-order valence-electron chi connectivity index (χ2n) is 5.03. The number of hydrogen-bond donors (Lipinski definition) is 1. The van der Waals surface area contributed by atoms with Gasteiger partial charge in [0.1, 0.15) is 5.75 Å². The van der Waals surface area contributed by atoms with Crippen molar-refractivity contribution < 1.29 is 14.5 Å². The zero-order chi connectivity index (χ0) is 18.2. The van der Waals surface area contributed by atoms with E-state index in [1.165, 1.54) is 30.5 Å². The number of nitrogens with one attached hydrogen (secondary N) is 1. The van der Waals surface area contributed by atoms with Crippen LogP contribution in [0.15, 0.2) is 52.0 Å². The van der Waals surface area contributed by atoms with Crippen molar-refractivity contribution in [2.24, 2.45) is 5.10 Å². The number of halogens is 1. The van der Waals surface area contributed by atoms with Crippen molar-refractivity contribution in [2.45, 2.75) is 13.3 Å². The molecule has 0 aliphatic heterocycles. The topological polar surface area (TPSA) is 93.8 Å². The second-order valence-corrected chi connectivity index (χ2v) is 5.95. The average Bonchev–Trinajstić information content (AvgIpc) is 2.61. The minimum Gasteiger partial charge on any atom is -0.493 e. The molecule has 1 N–H and O–H groups in total. The molecule has 0 radical (unpaired) electrons. The number of hydrazone groups is 1. The molecule has 0 aromatic heterocycles. The van der Waals surface area contributed by atoms with Crippen molar-refractivity contribution in [2.75, 3.05) is 6.61 Å². The van der Waals surface area contributed by atoms with E-state index in [9.17, 15) is 14.9 Å². The Morgan fingerprint density at radius 2 is 2.04 bits per heavy atom. The molecule has 1 amide bonds. The van der Waals surface area contributed by atoms with Gasteiger partial charge in [-0.15, -0.1) is 0 Å². The molecule has 0 saturated carbocycles. The number of amides is 1. The predicted octanol–water partition coefficient (Wildman–Crippen LogP) is 3.91. The molecular weight excluding hydrogens is 390 g/mol. The molecule has 0 unspecified atom stereocenters. The van der Waals surface area contributed by atoms with Crippen LogP contribution in [0.1, 0.15) is 29.3 Å². The highest BCUT2D eigenvalue weighted by Crippen LogP contribution is 2.22. The molecule has 0 atom stereocenters. The maximum absolute atomic E-state index is 12.0. The van der Waals surface area contributed by atoms with E-state index >= 15 is 0 Å². The lowest BCUT2D eigenvalue weighted by Crippen LogP contribution is -2.17. The number of non-ortho nitro benzene ring substituents is 1. The number of carbonyl (C=O) groups excluding carboxylic acids is 1. The van der Waals surface area contributed by atoms with Crippen LogP contribution in [0.3, 0.4) is 0 Å². The number of hydrogen-bond acceptors (Lipinski definition) is 5. The van der Waals surface area contributed by atoms with Crippen molar-refractivity contribution >= 4 is 33.7 Å². The van der Waals surface area contributed by atoms with Gasteiger partial charge in [0.25, 0.3) is 11.6 Å². The molecule has 7 nitrogen and oxygen atoms in total. The SMILES string of the molecule is CCCOc1ccc(Br)cc1/C=N\NC(=O)c1ccc([N+](=O)[O-])cc1. The molecule has 0 heterocycles. The van der Waals surface area contributed by atoms with Gasteiger partial charge in [-0.05, 0) is 36.8 Å². The number of nitrogens with zero attached hydrogens (tertiary/aromatic N) is 2. The van der Waals surface area contributed by atoms with Crippen molar-refractivity contribution in [1.29, 1.82) is 0 Å². The molecule has 2 aromatic rings. The van der Waals surface area contributed by atoms with Crippen molar-refractivity contribution in [3.63, 3.8) is 0 Å². The maximum atomic E-state index is 12.0. The summed E-state index contributed by atoms with van der Waals surface area (Å²) in [5.74, 6) is 0.204. The minimum atomic E-state index is -0.523. The Bertz CT molecular complexity index is 791. The van der Waals surface area contributed by atoms with Gasteiger partial charge in [-0.3, -0.25) is 14.9 Å². The Labute approximate surface area is 153 Å². The Kier molecular flexibility index (Phi) is 6.64. The van der Waals surface area contributed by atoms with E-state index in [2.05, 4.69) is 26.5 Å². The van der Waals surface area contributed by atoms with E-state index < -0.39 is 10.8 Å². The predicted molar refractivity (Wildman–Crippen MR) is 98.1 cm³/mol. The lowest BCUT2D eigenvalue weighted by molar-refractivity contribution is -0.384. The molecule has 0 aliphatic carbocycles. The molecule has 0 spiro atoms. The second kappa shape index (κ2) is 8.93. The summed E-state index contributed by atoms with van der Waals surface area (Å²) < 4.78 is 6.49. The third-order valence-electron chi connectivity index (χ3n) is 3.14. The largest absolute Gasteiger partial charge is 0.493 e. The third-order valence-corrected chi connectivity index (χ3v) is 3.64. The fraction of sp³-hybridized carbons (Fsp3) is 0.176. The van der Waals surface area contributed by atoms with Crippen LogP contribution in [0.25, 0.3) is 0 Å². The molecule has 0 aliphatic rings. The van der Waals surface area contributed by atoms with E-state index in [4.69, 9.17) is 4.74 Å². The Morgan fingerprint density at radius 3 is 2.68 bits per heavy atom. The smallest absolute Gasteiger partial charge is 0.271 e. The standard InChI is InChI=1S/C17H16BrN3O4/c1-2-9-25-16-8-5-14(18)10-13(16)11-19-20-17(22)12-3-6-15(7-4-12)21(23)24/h3-8,10-11H,2,9H2,1H3,(H,20,22)/b19-11-. The molecule has 25 heavy (non-hydrogen) atoms. The first-order valence-electron chi connectivity index (χ1n) is 7.51. The van der Waals surface area contributed by atoms with Crippen molar-refractivity contribution in [3.8, 4) is 5.75 Å². The van der Waals surface area contributed by atoms with Crippen LogP contribution < -0.4 is 10.2 Å². The van der Waals surface area contributed by atoms with Gasteiger partial charge in [0.2, 0.25) is 0 Å². The summed E-state index contributed by atoms with van der Waals surface area (Å²) in [6.45, 7) is 2.59. The molecule has 8 heteroatoms. The van der Waals surface area contributed by atoms with Gasteiger partial charge < -0.3 is 4.74 Å². The van der Waals surface area contributed by atoms with Gasteiger partial charge in [0.05, 0.1) is 17.7 Å². The molecule has 130 valence electrons. The molecule has 0 fully saturated rings. The summed E-state index contributed by atoms with van der Waals surface area (Å²) in [5.41, 5.74) is 3.30. The first-order valence-corrected chi connectivity index (χ1v) is 8.30. The highest BCUT2D eigenvalue weighted by atomic mass is 79.9. The molecule has 0 bridgehead atoms. The average molecular weight is 406 g/mol. The van der Waals surface area contributed by atoms with E-state index in [0.29, 0.717) is 17.9 Å². The van der Waals surface area contributed by atoms with Crippen LogP contribution in [0.5, 0.6) is 5.75 Å². The van der Waals surface area contributed by atoms with Crippen molar-refractivity contribution in [1.82, 2.24) is 5.43 Å². The summed E-state index contributed by atoms with van der Waals surface area (Å²) in [5, 5.41) is 14.5. The van der Waals surface area contributed by atoms with Crippen LogP contribution in [0, 0.1) is 10.1 Å². The maximum Gasteiger partial charge on any atom is 0.271 e. The van der Waals surface area contributed by atoms with Crippen LogP contribution in [-0.4, -0.2) is 23.7 Å². The lowest BCUT2D eigenvalue weighted by atomic mass is 10.2. The normalized spacial score (nSPS) is 10.6. The molecule has 2 aromatic carbocycles. The Morgan fingerprint density at radius 1 is 1.32 bits per heavy atom. The van der Waals surface area contributed by atoms with E-state index in [-0.39, 0.29) is 11.3 Å². The highest BCUT2D eigenvalue weighted by Gasteiger charge is 2.09. The Balaban J connectivity index is 2.06. The zero-order valence-electron chi connectivity index (χ0n) is 13.4. The van der Waals surface area contributed by atoms with E-state index in [1.54, 1.807) is 0 Å². The number of nitro groups is 1. The summed E-state index contributed by atoms with van der Waals surface area (Å²) >= 11 is 3.38. The molecular formula is C17H16BrN3O4. The van der Waals surface area contributed by atoms with Gasteiger partial charge in [-0.2, -0.15) is 5.10 Å². The first-order chi connectivity index (χ1) is 12.0.